The summed E-state index contributed by atoms with van der Waals surface area (Å²) in [5.74, 6) is -1.20. The molecule has 2 N–H and O–H groups in total. The lowest BCUT2D eigenvalue weighted by molar-refractivity contribution is 0.169. The average molecular weight is 298 g/mol. The maximum absolute atomic E-state index is 13.5. The number of hydrogen-bond acceptors (Lipinski definition) is 2. The van der Waals surface area contributed by atoms with E-state index < -0.39 is 17.7 Å². The third-order valence-electron chi connectivity index (χ3n) is 2.87. The van der Waals surface area contributed by atoms with Gasteiger partial charge in [0.1, 0.15) is 11.6 Å². The summed E-state index contributed by atoms with van der Waals surface area (Å²) in [6.45, 7) is 0.599. The fourth-order valence-electron chi connectivity index (χ4n) is 1.88. The van der Waals surface area contributed by atoms with Crippen LogP contribution in [0.5, 0.6) is 0 Å². The number of benzene rings is 2. The van der Waals surface area contributed by atoms with Gasteiger partial charge in [-0.25, -0.2) is 8.78 Å². The predicted molar refractivity (Wildman–Crippen MR) is 74.5 cm³/mol. The van der Waals surface area contributed by atoms with E-state index in [0.29, 0.717) is 11.6 Å². The smallest absolute Gasteiger partial charge is 0.129 e. The summed E-state index contributed by atoms with van der Waals surface area (Å²) >= 11 is 5.85. The van der Waals surface area contributed by atoms with Crippen molar-refractivity contribution >= 4 is 11.6 Å². The van der Waals surface area contributed by atoms with Gasteiger partial charge >= 0.3 is 0 Å². The molecule has 0 aliphatic carbocycles. The van der Waals surface area contributed by atoms with Crippen molar-refractivity contribution in [2.24, 2.45) is 0 Å². The Morgan fingerprint density at radius 1 is 1.15 bits per heavy atom. The van der Waals surface area contributed by atoms with Gasteiger partial charge in [-0.2, -0.15) is 0 Å². The van der Waals surface area contributed by atoms with E-state index in [4.69, 9.17) is 11.6 Å². The second kappa shape index (κ2) is 6.79. The van der Waals surface area contributed by atoms with E-state index in [1.54, 1.807) is 12.1 Å². The summed E-state index contributed by atoms with van der Waals surface area (Å²) in [7, 11) is 0. The van der Waals surface area contributed by atoms with E-state index in [-0.39, 0.29) is 12.1 Å². The van der Waals surface area contributed by atoms with Crippen LogP contribution in [-0.4, -0.2) is 11.7 Å². The molecule has 0 spiro atoms. The molecule has 0 radical (unpaired) electrons. The molecule has 5 heteroatoms. The van der Waals surface area contributed by atoms with Crippen molar-refractivity contribution in [1.29, 1.82) is 0 Å². The van der Waals surface area contributed by atoms with Gasteiger partial charge in [0.2, 0.25) is 0 Å². The Labute approximate surface area is 121 Å². The van der Waals surface area contributed by atoms with Crippen molar-refractivity contribution in [3.63, 3.8) is 0 Å². The van der Waals surface area contributed by atoms with E-state index in [9.17, 15) is 13.9 Å². The molecule has 0 amide bonds. The minimum absolute atomic E-state index is 0.0522. The summed E-state index contributed by atoms with van der Waals surface area (Å²) < 4.78 is 26.5. The van der Waals surface area contributed by atoms with Crippen LogP contribution in [-0.2, 0) is 6.54 Å². The first kappa shape index (κ1) is 14.9. The Kier molecular flexibility index (Phi) is 5.06. The van der Waals surface area contributed by atoms with Crippen LogP contribution < -0.4 is 5.32 Å². The molecule has 2 aromatic rings. The fraction of sp³-hybridized carbons (Fsp3) is 0.200. The van der Waals surface area contributed by atoms with Crippen LogP contribution in [0.3, 0.4) is 0 Å². The monoisotopic (exact) mass is 297 g/mol. The molecule has 0 bridgehead atoms. The summed E-state index contributed by atoms with van der Waals surface area (Å²) in [5.41, 5.74) is 0.896. The Hall–Kier alpha value is -1.49. The van der Waals surface area contributed by atoms with Crippen LogP contribution in [0, 0.1) is 11.6 Å². The van der Waals surface area contributed by atoms with Gasteiger partial charge in [0, 0.05) is 23.7 Å². The summed E-state index contributed by atoms with van der Waals surface area (Å²) in [4.78, 5) is 0. The van der Waals surface area contributed by atoms with Crippen LogP contribution >= 0.6 is 11.6 Å². The molecular weight excluding hydrogens is 284 g/mol. The Morgan fingerprint density at radius 3 is 2.70 bits per heavy atom. The molecule has 2 rings (SSSR count). The van der Waals surface area contributed by atoms with Crippen molar-refractivity contribution < 1.29 is 13.9 Å². The zero-order valence-corrected chi connectivity index (χ0v) is 11.4. The van der Waals surface area contributed by atoms with Gasteiger partial charge in [0.25, 0.3) is 0 Å². The second-order valence-electron chi connectivity index (χ2n) is 4.44. The highest BCUT2D eigenvalue weighted by Crippen LogP contribution is 2.18. The van der Waals surface area contributed by atoms with E-state index >= 15 is 0 Å². The maximum atomic E-state index is 13.5. The van der Waals surface area contributed by atoms with E-state index in [2.05, 4.69) is 5.32 Å². The minimum atomic E-state index is -1.11. The number of aliphatic hydroxyl groups excluding tert-OH is 1. The molecule has 1 atom stereocenters. The van der Waals surface area contributed by atoms with Crippen molar-refractivity contribution in [3.05, 3.63) is 70.2 Å². The lowest BCUT2D eigenvalue weighted by Gasteiger charge is -2.13. The van der Waals surface area contributed by atoms with Crippen molar-refractivity contribution in [2.45, 2.75) is 12.6 Å². The molecule has 0 fully saturated rings. The van der Waals surface area contributed by atoms with Crippen LogP contribution in [0.4, 0.5) is 8.78 Å². The minimum Gasteiger partial charge on any atom is -0.387 e. The lowest BCUT2D eigenvalue weighted by atomic mass is 10.1. The van der Waals surface area contributed by atoms with Crippen LogP contribution in [0.15, 0.2) is 42.5 Å². The zero-order valence-electron chi connectivity index (χ0n) is 10.6. The van der Waals surface area contributed by atoms with Crippen molar-refractivity contribution in [3.8, 4) is 0 Å². The highest BCUT2D eigenvalue weighted by molar-refractivity contribution is 6.30. The molecule has 0 aliphatic heterocycles. The molecule has 106 valence electrons. The van der Waals surface area contributed by atoms with Crippen LogP contribution in [0.1, 0.15) is 17.2 Å². The molecule has 2 nitrogen and oxygen atoms in total. The van der Waals surface area contributed by atoms with Gasteiger partial charge in [-0.1, -0.05) is 23.7 Å². The third-order valence-corrected chi connectivity index (χ3v) is 3.11. The highest BCUT2D eigenvalue weighted by Gasteiger charge is 2.13. The van der Waals surface area contributed by atoms with Gasteiger partial charge < -0.3 is 10.4 Å². The number of nitrogens with one attached hydrogen (secondary N) is 1. The molecular formula is C15H14ClF2NO. The quantitative estimate of drug-likeness (QED) is 0.886. The van der Waals surface area contributed by atoms with Gasteiger partial charge in [-0.05, 0) is 35.9 Å². The Balaban J connectivity index is 1.92. The maximum Gasteiger partial charge on any atom is 0.129 e. The molecule has 0 saturated carbocycles. The van der Waals surface area contributed by atoms with E-state index in [1.807, 2.05) is 12.1 Å². The van der Waals surface area contributed by atoms with Gasteiger partial charge in [0.15, 0.2) is 0 Å². The largest absolute Gasteiger partial charge is 0.387 e. The number of hydrogen-bond donors (Lipinski definition) is 2. The van der Waals surface area contributed by atoms with Gasteiger partial charge in [0.05, 0.1) is 6.10 Å². The molecule has 2 aromatic carbocycles. The standard InChI is InChI=1S/C15H14ClF2NO/c16-11-3-1-2-10(6-11)8-19-9-15(20)13-7-12(17)4-5-14(13)18/h1-7,15,19-20H,8-9H2. The first-order chi connectivity index (χ1) is 9.56. The van der Waals surface area contributed by atoms with E-state index in [1.165, 1.54) is 0 Å². The first-order valence-electron chi connectivity index (χ1n) is 6.14. The zero-order chi connectivity index (χ0) is 14.5. The normalized spacial score (nSPS) is 12.4. The SMILES string of the molecule is OC(CNCc1cccc(Cl)c1)c1cc(F)ccc1F. The summed E-state index contributed by atoms with van der Waals surface area (Å²) in [6.07, 6.45) is -1.11. The van der Waals surface area contributed by atoms with E-state index in [0.717, 1.165) is 23.8 Å². The number of rotatable bonds is 5. The lowest BCUT2D eigenvalue weighted by Crippen LogP contribution is -2.21. The van der Waals surface area contributed by atoms with Crippen molar-refractivity contribution in [1.82, 2.24) is 5.32 Å². The Bertz CT molecular complexity index is 592. The Morgan fingerprint density at radius 2 is 1.95 bits per heavy atom. The van der Waals surface area contributed by atoms with Gasteiger partial charge in [-0.15, -0.1) is 0 Å². The summed E-state index contributed by atoms with van der Waals surface area (Å²) in [5, 5.41) is 13.5. The molecule has 0 heterocycles. The molecule has 0 aromatic heterocycles. The molecule has 0 aliphatic rings. The molecule has 20 heavy (non-hydrogen) atoms. The third kappa shape index (κ3) is 4.00. The molecule has 1 unspecified atom stereocenters. The predicted octanol–water partition coefficient (Wildman–Crippen LogP) is 3.44. The second-order valence-corrected chi connectivity index (χ2v) is 4.88. The number of halogens is 3. The highest BCUT2D eigenvalue weighted by atomic mass is 35.5. The van der Waals surface area contributed by atoms with Crippen LogP contribution in [0.25, 0.3) is 0 Å². The van der Waals surface area contributed by atoms with Crippen LogP contribution in [0.2, 0.25) is 5.02 Å². The topological polar surface area (TPSA) is 32.3 Å². The number of aliphatic hydroxyl groups is 1. The molecule has 0 saturated heterocycles. The average Bonchev–Trinajstić information content (AvgIpc) is 2.41. The first-order valence-corrected chi connectivity index (χ1v) is 6.52. The van der Waals surface area contributed by atoms with Crippen molar-refractivity contribution in [2.75, 3.05) is 6.54 Å². The van der Waals surface area contributed by atoms with Gasteiger partial charge in [-0.3, -0.25) is 0 Å². The summed E-state index contributed by atoms with van der Waals surface area (Å²) in [6, 6.07) is 10.3. The fourth-order valence-corrected chi connectivity index (χ4v) is 2.09.